The van der Waals surface area contributed by atoms with E-state index in [4.69, 9.17) is 21.4 Å². The van der Waals surface area contributed by atoms with Crippen molar-refractivity contribution < 1.29 is 9.84 Å². The summed E-state index contributed by atoms with van der Waals surface area (Å²) in [6.45, 7) is 0.925. The minimum Gasteiger partial charge on any atom is -0.456 e. The van der Waals surface area contributed by atoms with Crippen molar-refractivity contribution in [1.82, 2.24) is 5.32 Å². The first kappa shape index (κ1) is 14.9. The van der Waals surface area contributed by atoms with Crippen LogP contribution in [0.1, 0.15) is 11.1 Å². The van der Waals surface area contributed by atoms with Gasteiger partial charge in [-0.15, -0.1) is 0 Å². The Morgan fingerprint density at radius 2 is 1.80 bits per heavy atom. The first-order chi connectivity index (χ1) is 9.72. The van der Waals surface area contributed by atoms with Gasteiger partial charge in [0.2, 0.25) is 0 Å². The SMILES string of the molecule is CNCc1ccc(Oc2ccc(CCO)cc2)c(Cl)c1. The van der Waals surface area contributed by atoms with E-state index in [1.807, 2.05) is 49.5 Å². The molecule has 106 valence electrons. The van der Waals surface area contributed by atoms with Gasteiger partial charge in [-0.1, -0.05) is 29.8 Å². The van der Waals surface area contributed by atoms with Crippen LogP contribution < -0.4 is 10.1 Å². The monoisotopic (exact) mass is 291 g/mol. The van der Waals surface area contributed by atoms with Gasteiger partial charge in [0, 0.05) is 13.2 Å². The fraction of sp³-hybridized carbons (Fsp3) is 0.250. The van der Waals surface area contributed by atoms with Crippen molar-refractivity contribution in [1.29, 1.82) is 0 Å². The molecule has 2 aromatic carbocycles. The molecule has 0 aliphatic rings. The maximum atomic E-state index is 8.88. The van der Waals surface area contributed by atoms with E-state index in [0.717, 1.165) is 23.4 Å². The zero-order chi connectivity index (χ0) is 14.4. The molecular weight excluding hydrogens is 274 g/mol. The maximum absolute atomic E-state index is 8.88. The van der Waals surface area contributed by atoms with Gasteiger partial charge in [0.05, 0.1) is 5.02 Å². The van der Waals surface area contributed by atoms with Crippen LogP contribution in [0.4, 0.5) is 0 Å². The lowest BCUT2D eigenvalue weighted by molar-refractivity contribution is 0.299. The molecule has 0 saturated carbocycles. The summed E-state index contributed by atoms with van der Waals surface area (Å²) >= 11 is 6.21. The summed E-state index contributed by atoms with van der Waals surface area (Å²) in [6.07, 6.45) is 0.653. The summed E-state index contributed by atoms with van der Waals surface area (Å²) in [4.78, 5) is 0. The Morgan fingerprint density at radius 1 is 1.10 bits per heavy atom. The lowest BCUT2D eigenvalue weighted by Crippen LogP contribution is -2.04. The fourth-order valence-corrected chi connectivity index (χ4v) is 2.16. The molecule has 0 spiro atoms. The van der Waals surface area contributed by atoms with Gasteiger partial charge in [-0.3, -0.25) is 0 Å². The van der Waals surface area contributed by atoms with Crippen LogP contribution in [-0.4, -0.2) is 18.8 Å². The van der Waals surface area contributed by atoms with E-state index in [2.05, 4.69) is 5.32 Å². The van der Waals surface area contributed by atoms with Crippen LogP contribution in [0.25, 0.3) is 0 Å². The lowest BCUT2D eigenvalue weighted by Gasteiger charge is -2.09. The molecular formula is C16H18ClNO2. The van der Waals surface area contributed by atoms with Crippen LogP contribution in [-0.2, 0) is 13.0 Å². The number of aliphatic hydroxyl groups excluding tert-OH is 1. The average molecular weight is 292 g/mol. The van der Waals surface area contributed by atoms with Crippen molar-refractivity contribution in [3.63, 3.8) is 0 Å². The van der Waals surface area contributed by atoms with Crippen LogP contribution in [0, 0.1) is 0 Å². The second kappa shape index (κ2) is 7.29. The molecule has 0 bridgehead atoms. The quantitative estimate of drug-likeness (QED) is 0.857. The van der Waals surface area contributed by atoms with Gasteiger partial charge >= 0.3 is 0 Å². The molecule has 2 rings (SSSR count). The number of rotatable bonds is 6. The Labute approximate surface area is 124 Å². The molecule has 0 radical (unpaired) electrons. The molecule has 0 saturated heterocycles. The molecule has 0 fully saturated rings. The zero-order valence-corrected chi connectivity index (χ0v) is 12.2. The summed E-state index contributed by atoms with van der Waals surface area (Å²) in [7, 11) is 1.90. The molecule has 2 N–H and O–H groups in total. The summed E-state index contributed by atoms with van der Waals surface area (Å²) in [5.41, 5.74) is 2.19. The molecule has 3 nitrogen and oxygen atoms in total. The van der Waals surface area contributed by atoms with Gasteiger partial charge in [-0.05, 0) is 48.9 Å². The predicted molar refractivity (Wildman–Crippen MR) is 81.5 cm³/mol. The van der Waals surface area contributed by atoms with E-state index in [9.17, 15) is 0 Å². The van der Waals surface area contributed by atoms with Gasteiger partial charge in [0.15, 0.2) is 0 Å². The molecule has 0 aliphatic carbocycles. The van der Waals surface area contributed by atoms with Gasteiger partial charge < -0.3 is 15.2 Å². The molecule has 4 heteroatoms. The van der Waals surface area contributed by atoms with E-state index < -0.39 is 0 Å². The van der Waals surface area contributed by atoms with Crippen molar-refractivity contribution in [2.75, 3.05) is 13.7 Å². The highest BCUT2D eigenvalue weighted by Crippen LogP contribution is 2.30. The van der Waals surface area contributed by atoms with Gasteiger partial charge in [0.1, 0.15) is 11.5 Å². The molecule has 0 amide bonds. The first-order valence-corrected chi connectivity index (χ1v) is 6.91. The Balaban J connectivity index is 2.09. The zero-order valence-electron chi connectivity index (χ0n) is 11.4. The minimum absolute atomic E-state index is 0.152. The number of benzene rings is 2. The maximum Gasteiger partial charge on any atom is 0.146 e. The molecule has 0 heterocycles. The lowest BCUT2D eigenvalue weighted by atomic mass is 10.1. The Kier molecular flexibility index (Phi) is 5.41. The molecule has 2 aromatic rings. The number of hydrogen-bond donors (Lipinski definition) is 2. The van der Waals surface area contributed by atoms with Crippen molar-refractivity contribution in [3.8, 4) is 11.5 Å². The van der Waals surface area contributed by atoms with Crippen molar-refractivity contribution in [2.45, 2.75) is 13.0 Å². The van der Waals surface area contributed by atoms with Gasteiger partial charge in [-0.2, -0.15) is 0 Å². The molecule has 20 heavy (non-hydrogen) atoms. The molecule has 0 unspecified atom stereocenters. The Hall–Kier alpha value is -1.55. The second-order valence-electron chi connectivity index (χ2n) is 4.51. The standard InChI is InChI=1S/C16H18ClNO2/c1-18-11-13-4-7-16(15(17)10-13)20-14-5-2-12(3-6-14)8-9-19/h2-7,10,18-19H,8-9,11H2,1H3. The highest BCUT2D eigenvalue weighted by molar-refractivity contribution is 6.32. The smallest absolute Gasteiger partial charge is 0.146 e. The second-order valence-corrected chi connectivity index (χ2v) is 4.92. The molecule has 0 atom stereocenters. The molecule has 0 aromatic heterocycles. The third-order valence-corrected chi connectivity index (χ3v) is 3.22. The summed E-state index contributed by atoms with van der Waals surface area (Å²) < 4.78 is 5.76. The highest BCUT2D eigenvalue weighted by Gasteiger charge is 2.04. The van der Waals surface area contributed by atoms with Crippen molar-refractivity contribution >= 4 is 11.6 Å². The highest BCUT2D eigenvalue weighted by atomic mass is 35.5. The van der Waals surface area contributed by atoms with Crippen molar-refractivity contribution in [3.05, 3.63) is 58.6 Å². The van der Waals surface area contributed by atoms with E-state index in [-0.39, 0.29) is 6.61 Å². The third-order valence-electron chi connectivity index (χ3n) is 2.93. The van der Waals surface area contributed by atoms with Crippen molar-refractivity contribution in [2.24, 2.45) is 0 Å². The van der Waals surface area contributed by atoms with Crippen LogP contribution in [0.15, 0.2) is 42.5 Å². The third kappa shape index (κ3) is 3.97. The number of ether oxygens (including phenoxy) is 1. The topological polar surface area (TPSA) is 41.5 Å². The van der Waals surface area contributed by atoms with Gasteiger partial charge in [0.25, 0.3) is 0 Å². The van der Waals surface area contributed by atoms with Crippen LogP contribution in [0.5, 0.6) is 11.5 Å². The van der Waals surface area contributed by atoms with E-state index in [1.54, 1.807) is 0 Å². The van der Waals surface area contributed by atoms with E-state index in [1.165, 1.54) is 0 Å². The van der Waals surface area contributed by atoms with E-state index >= 15 is 0 Å². The minimum atomic E-state index is 0.152. The predicted octanol–water partition coefficient (Wildman–Crippen LogP) is 3.39. The Bertz CT molecular complexity index is 555. The number of nitrogens with one attached hydrogen (secondary N) is 1. The molecule has 0 aliphatic heterocycles. The fourth-order valence-electron chi connectivity index (χ4n) is 1.92. The van der Waals surface area contributed by atoms with Crippen LogP contribution >= 0.6 is 11.6 Å². The summed E-state index contributed by atoms with van der Waals surface area (Å²) in [6, 6.07) is 13.4. The summed E-state index contributed by atoms with van der Waals surface area (Å²) in [5.74, 6) is 1.37. The van der Waals surface area contributed by atoms with Gasteiger partial charge in [-0.25, -0.2) is 0 Å². The number of hydrogen-bond acceptors (Lipinski definition) is 3. The van der Waals surface area contributed by atoms with E-state index in [0.29, 0.717) is 17.2 Å². The normalized spacial score (nSPS) is 10.6. The number of aliphatic hydroxyl groups is 1. The largest absolute Gasteiger partial charge is 0.456 e. The first-order valence-electron chi connectivity index (χ1n) is 6.53. The van der Waals surface area contributed by atoms with Crippen LogP contribution in [0.2, 0.25) is 5.02 Å². The average Bonchev–Trinajstić information content (AvgIpc) is 2.44. The van der Waals surface area contributed by atoms with Crippen LogP contribution in [0.3, 0.4) is 0 Å². The Morgan fingerprint density at radius 3 is 2.40 bits per heavy atom. The summed E-state index contributed by atoms with van der Waals surface area (Å²) in [5, 5.41) is 12.5. The number of halogens is 1.